The van der Waals surface area contributed by atoms with Gasteiger partial charge in [0.15, 0.2) is 0 Å². The first-order valence-electron chi connectivity index (χ1n) is 3.97. The molecule has 0 aliphatic heterocycles. The Hall–Kier alpha value is -1.91. The van der Waals surface area contributed by atoms with Gasteiger partial charge in [0.1, 0.15) is 0 Å². The van der Waals surface area contributed by atoms with Crippen molar-refractivity contribution in [2.45, 2.75) is 6.92 Å². The fourth-order valence-corrected chi connectivity index (χ4v) is 0.922. The quantitative estimate of drug-likeness (QED) is 0.597. The van der Waals surface area contributed by atoms with Gasteiger partial charge in [-0.25, -0.2) is 0 Å². The summed E-state index contributed by atoms with van der Waals surface area (Å²) in [5, 5.41) is 13.1. The van der Waals surface area contributed by atoms with Gasteiger partial charge in [0, 0.05) is 11.8 Å². The number of nitro benzene ring substituents is 1. The van der Waals surface area contributed by atoms with Crippen LogP contribution in [0.15, 0.2) is 30.5 Å². The number of rotatable bonds is 3. The highest BCUT2D eigenvalue weighted by atomic mass is 19.1. The third kappa shape index (κ3) is 2.29. The average Bonchev–Trinajstić information content (AvgIpc) is 2.16. The van der Waals surface area contributed by atoms with E-state index in [-0.39, 0.29) is 0 Å². The lowest BCUT2D eigenvalue weighted by atomic mass is 10.2. The molecular weight excluding hydrogens is 187 g/mol. The second kappa shape index (κ2) is 4.36. The molecule has 74 valence electrons. The number of nitro groups is 1. The van der Waals surface area contributed by atoms with Gasteiger partial charge in [0.2, 0.25) is 5.82 Å². The molecule has 0 unspecified atom stereocenters. The Bertz CT molecular complexity index is 377. The van der Waals surface area contributed by atoms with Crippen LogP contribution in [0.1, 0.15) is 6.92 Å². The number of nitrogens with one attached hydrogen (secondary N) is 1. The lowest BCUT2D eigenvalue weighted by Gasteiger charge is -2.00. The van der Waals surface area contributed by atoms with E-state index in [1.807, 2.05) is 0 Å². The summed E-state index contributed by atoms with van der Waals surface area (Å²) in [7, 11) is 0. The summed E-state index contributed by atoms with van der Waals surface area (Å²) in [6, 6.07) is 3.64. The molecule has 0 heterocycles. The Morgan fingerprint density at radius 1 is 1.57 bits per heavy atom. The number of hydrogen-bond donors (Lipinski definition) is 1. The first-order chi connectivity index (χ1) is 6.65. The van der Waals surface area contributed by atoms with E-state index >= 15 is 0 Å². The van der Waals surface area contributed by atoms with E-state index in [4.69, 9.17) is 0 Å². The zero-order valence-electron chi connectivity index (χ0n) is 7.53. The van der Waals surface area contributed by atoms with Crippen LogP contribution in [0, 0.1) is 15.9 Å². The molecule has 0 saturated heterocycles. The highest BCUT2D eigenvalue weighted by Crippen LogP contribution is 2.21. The van der Waals surface area contributed by atoms with Gasteiger partial charge >= 0.3 is 5.69 Å². The van der Waals surface area contributed by atoms with Gasteiger partial charge in [0.05, 0.1) is 4.92 Å². The van der Waals surface area contributed by atoms with E-state index < -0.39 is 16.4 Å². The van der Waals surface area contributed by atoms with Gasteiger partial charge in [-0.15, -0.1) is 0 Å². The molecule has 0 amide bonds. The van der Waals surface area contributed by atoms with E-state index in [9.17, 15) is 14.5 Å². The summed E-state index contributed by atoms with van der Waals surface area (Å²) in [5.74, 6) is -0.832. The highest BCUT2D eigenvalue weighted by molar-refractivity contribution is 5.53. The predicted molar refractivity (Wildman–Crippen MR) is 51.5 cm³/mol. The van der Waals surface area contributed by atoms with Crippen molar-refractivity contribution in [1.82, 2.24) is 0 Å². The molecule has 0 aliphatic carbocycles. The van der Waals surface area contributed by atoms with Gasteiger partial charge in [-0.1, -0.05) is 6.08 Å². The van der Waals surface area contributed by atoms with E-state index in [2.05, 4.69) is 5.32 Å². The minimum absolute atomic E-state index is 0.483. The summed E-state index contributed by atoms with van der Waals surface area (Å²) in [6.45, 7) is 1.80. The smallest absolute Gasteiger partial charge is 0.306 e. The van der Waals surface area contributed by atoms with Crippen LogP contribution in [0.25, 0.3) is 0 Å². The number of hydrogen-bond acceptors (Lipinski definition) is 3. The molecule has 4 nitrogen and oxygen atoms in total. The van der Waals surface area contributed by atoms with Crippen molar-refractivity contribution < 1.29 is 9.31 Å². The summed E-state index contributed by atoms with van der Waals surface area (Å²) in [5.41, 5.74) is -0.0456. The van der Waals surface area contributed by atoms with Crippen molar-refractivity contribution in [1.29, 1.82) is 0 Å². The molecule has 1 aromatic rings. The third-order valence-corrected chi connectivity index (χ3v) is 1.56. The Morgan fingerprint density at radius 2 is 2.29 bits per heavy atom. The van der Waals surface area contributed by atoms with Crippen molar-refractivity contribution in [3.63, 3.8) is 0 Å². The lowest BCUT2D eigenvalue weighted by Crippen LogP contribution is -1.94. The van der Waals surface area contributed by atoms with Crippen LogP contribution in [0.2, 0.25) is 0 Å². The maximum absolute atomic E-state index is 12.9. The summed E-state index contributed by atoms with van der Waals surface area (Å²) < 4.78 is 12.9. The summed E-state index contributed by atoms with van der Waals surface area (Å²) >= 11 is 0. The van der Waals surface area contributed by atoms with Crippen molar-refractivity contribution >= 4 is 11.4 Å². The Kier molecular flexibility index (Phi) is 3.17. The largest absolute Gasteiger partial charge is 0.362 e. The molecule has 0 spiro atoms. The molecule has 1 N–H and O–H groups in total. The maximum Gasteiger partial charge on any atom is 0.306 e. The van der Waals surface area contributed by atoms with E-state index in [1.54, 1.807) is 19.2 Å². The first kappa shape index (κ1) is 10.2. The second-order valence-electron chi connectivity index (χ2n) is 2.57. The molecular formula is C9H9FN2O2. The standard InChI is InChI=1S/C9H9FN2O2/c1-2-5-11-7-3-4-8(10)9(6-7)12(13)14/h2-6,11H,1H3. The summed E-state index contributed by atoms with van der Waals surface area (Å²) in [6.07, 6.45) is 3.34. The average molecular weight is 196 g/mol. The monoisotopic (exact) mass is 196 g/mol. The minimum Gasteiger partial charge on any atom is -0.362 e. The number of anilines is 1. The highest BCUT2D eigenvalue weighted by Gasteiger charge is 2.13. The van der Waals surface area contributed by atoms with Gasteiger partial charge in [-0.3, -0.25) is 10.1 Å². The molecule has 14 heavy (non-hydrogen) atoms. The number of halogens is 1. The fraction of sp³-hybridized carbons (Fsp3) is 0.111. The SMILES string of the molecule is CC=CNc1ccc(F)c([N+](=O)[O-])c1. The molecule has 0 radical (unpaired) electrons. The van der Waals surface area contributed by atoms with Crippen LogP contribution >= 0.6 is 0 Å². The fourth-order valence-electron chi connectivity index (χ4n) is 0.922. The Labute approximate surface area is 80.2 Å². The van der Waals surface area contributed by atoms with Crippen LogP contribution in [0.5, 0.6) is 0 Å². The van der Waals surface area contributed by atoms with E-state index in [1.165, 1.54) is 6.07 Å². The molecule has 0 aliphatic rings. The second-order valence-corrected chi connectivity index (χ2v) is 2.57. The van der Waals surface area contributed by atoms with Crippen LogP contribution < -0.4 is 5.32 Å². The normalized spacial score (nSPS) is 10.4. The van der Waals surface area contributed by atoms with Crippen LogP contribution in [-0.4, -0.2) is 4.92 Å². The molecule has 1 aromatic carbocycles. The molecule has 0 aromatic heterocycles. The van der Waals surface area contributed by atoms with Crippen molar-refractivity contribution in [3.05, 3.63) is 46.4 Å². The van der Waals surface area contributed by atoms with Gasteiger partial charge in [-0.2, -0.15) is 4.39 Å². The van der Waals surface area contributed by atoms with Gasteiger partial charge < -0.3 is 5.32 Å². The molecule has 1 rings (SSSR count). The van der Waals surface area contributed by atoms with Crippen molar-refractivity contribution in [2.75, 3.05) is 5.32 Å². The number of nitrogens with zero attached hydrogens (tertiary/aromatic N) is 1. The van der Waals surface area contributed by atoms with Crippen molar-refractivity contribution in [3.8, 4) is 0 Å². The van der Waals surface area contributed by atoms with E-state index in [0.717, 1.165) is 12.1 Å². The van der Waals surface area contributed by atoms with Gasteiger partial charge in [-0.05, 0) is 25.3 Å². The zero-order valence-corrected chi connectivity index (χ0v) is 7.53. The Morgan fingerprint density at radius 3 is 2.86 bits per heavy atom. The third-order valence-electron chi connectivity index (χ3n) is 1.56. The predicted octanol–water partition coefficient (Wildman–Crippen LogP) is 2.68. The van der Waals surface area contributed by atoms with Gasteiger partial charge in [0.25, 0.3) is 0 Å². The molecule has 0 fully saturated rings. The Balaban J connectivity index is 3.00. The molecule has 5 heteroatoms. The molecule has 0 bridgehead atoms. The number of benzene rings is 1. The topological polar surface area (TPSA) is 55.2 Å². The van der Waals surface area contributed by atoms with Crippen molar-refractivity contribution in [2.24, 2.45) is 0 Å². The van der Waals surface area contributed by atoms with E-state index in [0.29, 0.717) is 5.69 Å². The first-order valence-corrected chi connectivity index (χ1v) is 3.97. The van der Waals surface area contributed by atoms with Crippen LogP contribution in [-0.2, 0) is 0 Å². The molecule has 0 saturated carbocycles. The zero-order chi connectivity index (χ0) is 10.6. The van der Waals surface area contributed by atoms with Crippen LogP contribution in [0.4, 0.5) is 15.8 Å². The number of allylic oxidation sites excluding steroid dienone is 1. The van der Waals surface area contributed by atoms with Crippen LogP contribution in [0.3, 0.4) is 0 Å². The lowest BCUT2D eigenvalue weighted by molar-refractivity contribution is -0.387. The minimum atomic E-state index is -0.832. The summed E-state index contributed by atoms with van der Waals surface area (Å²) in [4.78, 5) is 9.61. The maximum atomic E-state index is 12.9. The molecule has 0 atom stereocenters.